The van der Waals surface area contributed by atoms with E-state index < -0.39 is 12.4 Å². The molecule has 0 aliphatic carbocycles. The molecule has 1 N–H and O–H groups in total. The van der Waals surface area contributed by atoms with Gasteiger partial charge in [-0.3, -0.25) is 9.69 Å². The molecule has 19 heavy (non-hydrogen) atoms. The van der Waals surface area contributed by atoms with Gasteiger partial charge in [0.15, 0.2) is 0 Å². The van der Waals surface area contributed by atoms with Gasteiger partial charge in [-0.05, 0) is 32.4 Å². The van der Waals surface area contributed by atoms with Crippen molar-refractivity contribution in [2.45, 2.75) is 39.3 Å². The van der Waals surface area contributed by atoms with E-state index in [0.29, 0.717) is 12.1 Å². The first-order valence-electron chi connectivity index (χ1n) is 6.04. The average molecular weight is 271 g/mol. The minimum Gasteiger partial charge on any atom is -0.480 e. The number of carboxylic acid groups (broad SMARTS) is 1. The highest BCUT2D eigenvalue weighted by molar-refractivity contribution is 5.69. The number of hydrogen-bond donors (Lipinski definition) is 1. The van der Waals surface area contributed by atoms with Crippen LogP contribution in [0.4, 0.5) is 8.78 Å². The van der Waals surface area contributed by atoms with E-state index in [1.807, 2.05) is 20.8 Å². The molecule has 5 heteroatoms. The first-order chi connectivity index (χ1) is 8.70. The molecule has 0 radical (unpaired) electrons. The zero-order valence-electron chi connectivity index (χ0n) is 11.4. The first-order valence-corrected chi connectivity index (χ1v) is 6.04. The molecule has 1 aromatic carbocycles. The van der Waals surface area contributed by atoms with E-state index in [2.05, 4.69) is 0 Å². The standard InChI is InChI=1S/C14H19F2NO2/c1-14(2,3)17(9-12(18)19)8-10-5-4-6-11(7-10)13(15)16/h4-7,13H,8-9H2,1-3H3,(H,18,19). The van der Waals surface area contributed by atoms with Gasteiger partial charge in [0.25, 0.3) is 6.43 Å². The van der Waals surface area contributed by atoms with Crippen LogP contribution in [-0.4, -0.2) is 28.1 Å². The highest BCUT2D eigenvalue weighted by Gasteiger charge is 2.23. The number of aliphatic carboxylic acids is 1. The van der Waals surface area contributed by atoms with Crippen LogP contribution >= 0.6 is 0 Å². The van der Waals surface area contributed by atoms with Crippen LogP contribution < -0.4 is 0 Å². The fourth-order valence-electron chi connectivity index (χ4n) is 1.74. The minimum atomic E-state index is -2.51. The van der Waals surface area contributed by atoms with Crippen LogP contribution in [0.15, 0.2) is 24.3 Å². The number of hydrogen-bond acceptors (Lipinski definition) is 2. The molecule has 0 saturated heterocycles. The average Bonchev–Trinajstić information content (AvgIpc) is 2.26. The summed E-state index contributed by atoms with van der Waals surface area (Å²) in [6.07, 6.45) is -2.51. The third-order valence-corrected chi connectivity index (χ3v) is 2.85. The summed E-state index contributed by atoms with van der Waals surface area (Å²) in [5.41, 5.74) is 0.301. The number of rotatable bonds is 5. The fraction of sp³-hybridized carbons (Fsp3) is 0.500. The Morgan fingerprint density at radius 1 is 1.37 bits per heavy atom. The maximum atomic E-state index is 12.6. The van der Waals surface area contributed by atoms with Crippen molar-refractivity contribution in [2.24, 2.45) is 0 Å². The van der Waals surface area contributed by atoms with E-state index in [0.717, 1.165) is 0 Å². The molecule has 0 saturated carbocycles. The second kappa shape index (κ2) is 6.10. The zero-order valence-corrected chi connectivity index (χ0v) is 11.4. The van der Waals surface area contributed by atoms with Gasteiger partial charge in [-0.1, -0.05) is 18.2 Å². The number of nitrogens with zero attached hydrogens (tertiary/aromatic N) is 1. The highest BCUT2D eigenvalue weighted by atomic mass is 19.3. The van der Waals surface area contributed by atoms with Gasteiger partial charge in [0, 0.05) is 17.6 Å². The van der Waals surface area contributed by atoms with E-state index >= 15 is 0 Å². The second-order valence-corrected chi connectivity index (χ2v) is 5.47. The molecule has 0 aliphatic rings. The van der Waals surface area contributed by atoms with Crippen molar-refractivity contribution in [2.75, 3.05) is 6.54 Å². The van der Waals surface area contributed by atoms with Gasteiger partial charge in [-0.15, -0.1) is 0 Å². The van der Waals surface area contributed by atoms with Gasteiger partial charge in [0.05, 0.1) is 6.54 Å². The fourth-order valence-corrected chi connectivity index (χ4v) is 1.74. The maximum Gasteiger partial charge on any atom is 0.317 e. The third kappa shape index (κ3) is 4.95. The lowest BCUT2D eigenvalue weighted by atomic mass is 10.0. The predicted octanol–water partition coefficient (Wildman–Crippen LogP) is 3.31. The van der Waals surface area contributed by atoms with Crippen LogP contribution in [0.2, 0.25) is 0 Å². The van der Waals surface area contributed by atoms with Gasteiger partial charge in [-0.2, -0.15) is 0 Å². The van der Waals surface area contributed by atoms with Crippen molar-refractivity contribution >= 4 is 5.97 Å². The van der Waals surface area contributed by atoms with E-state index in [1.165, 1.54) is 12.1 Å². The number of carboxylic acids is 1. The molecule has 0 aromatic heterocycles. The molecule has 0 heterocycles. The summed E-state index contributed by atoms with van der Waals surface area (Å²) in [7, 11) is 0. The Balaban J connectivity index is 2.90. The van der Waals surface area contributed by atoms with Crippen molar-refractivity contribution in [3.63, 3.8) is 0 Å². The molecule has 106 valence electrons. The highest BCUT2D eigenvalue weighted by Crippen LogP contribution is 2.22. The van der Waals surface area contributed by atoms with Crippen molar-refractivity contribution in [3.05, 3.63) is 35.4 Å². The molecule has 0 fully saturated rings. The SMILES string of the molecule is CC(C)(C)N(CC(=O)O)Cc1cccc(C(F)F)c1. The van der Waals surface area contributed by atoms with Crippen LogP contribution in [0.5, 0.6) is 0 Å². The van der Waals surface area contributed by atoms with Crippen molar-refractivity contribution in [1.29, 1.82) is 0 Å². The molecule has 0 aliphatic heterocycles. The number of halogens is 2. The van der Waals surface area contributed by atoms with Gasteiger partial charge in [0.1, 0.15) is 0 Å². The van der Waals surface area contributed by atoms with Crippen LogP contribution in [0.3, 0.4) is 0 Å². The Bertz CT molecular complexity index is 441. The molecule has 3 nitrogen and oxygen atoms in total. The van der Waals surface area contributed by atoms with E-state index in [9.17, 15) is 13.6 Å². The normalized spacial score (nSPS) is 12.2. The summed E-state index contributed by atoms with van der Waals surface area (Å²) >= 11 is 0. The van der Waals surface area contributed by atoms with Gasteiger partial charge in [-0.25, -0.2) is 8.78 Å². The monoisotopic (exact) mass is 271 g/mol. The van der Waals surface area contributed by atoms with E-state index in [4.69, 9.17) is 5.11 Å². The minimum absolute atomic E-state index is 0.0401. The first kappa shape index (κ1) is 15.6. The summed E-state index contributed by atoms with van der Waals surface area (Å²) in [4.78, 5) is 12.6. The lowest BCUT2D eigenvalue weighted by Gasteiger charge is -2.34. The van der Waals surface area contributed by atoms with Crippen LogP contribution in [0.1, 0.15) is 38.3 Å². The number of carbonyl (C=O) groups is 1. The summed E-state index contributed by atoms with van der Waals surface area (Å²) < 4.78 is 25.2. The molecule has 1 rings (SSSR count). The molecule has 0 spiro atoms. The van der Waals surface area contributed by atoms with Crippen molar-refractivity contribution in [3.8, 4) is 0 Å². The Hall–Kier alpha value is -1.49. The topological polar surface area (TPSA) is 40.5 Å². The summed E-state index contributed by atoms with van der Waals surface area (Å²) in [6, 6.07) is 6.09. The summed E-state index contributed by atoms with van der Waals surface area (Å²) in [6.45, 7) is 5.89. The molecule has 0 atom stereocenters. The predicted molar refractivity (Wildman–Crippen MR) is 69.2 cm³/mol. The molecular weight excluding hydrogens is 252 g/mol. The lowest BCUT2D eigenvalue weighted by molar-refractivity contribution is -0.139. The van der Waals surface area contributed by atoms with Gasteiger partial charge < -0.3 is 5.11 Å². The molecule has 0 bridgehead atoms. The number of benzene rings is 1. The largest absolute Gasteiger partial charge is 0.480 e. The summed E-state index contributed by atoms with van der Waals surface area (Å²) in [5.74, 6) is -0.931. The Morgan fingerprint density at radius 3 is 2.47 bits per heavy atom. The third-order valence-electron chi connectivity index (χ3n) is 2.85. The van der Waals surface area contributed by atoms with E-state index in [-0.39, 0.29) is 17.6 Å². The Labute approximate surface area is 111 Å². The van der Waals surface area contributed by atoms with E-state index in [1.54, 1.807) is 17.0 Å². The van der Waals surface area contributed by atoms with Gasteiger partial charge >= 0.3 is 5.97 Å². The Morgan fingerprint density at radius 2 is 2.00 bits per heavy atom. The van der Waals surface area contributed by atoms with Crippen LogP contribution in [0.25, 0.3) is 0 Å². The lowest BCUT2D eigenvalue weighted by Crippen LogP contribution is -2.43. The smallest absolute Gasteiger partial charge is 0.317 e. The molecule has 0 amide bonds. The van der Waals surface area contributed by atoms with Crippen molar-refractivity contribution < 1.29 is 18.7 Å². The van der Waals surface area contributed by atoms with Crippen molar-refractivity contribution in [1.82, 2.24) is 4.90 Å². The quantitative estimate of drug-likeness (QED) is 0.893. The Kier molecular flexibility index (Phi) is 5.00. The maximum absolute atomic E-state index is 12.6. The van der Waals surface area contributed by atoms with Crippen LogP contribution in [-0.2, 0) is 11.3 Å². The molecular formula is C14H19F2NO2. The summed E-state index contributed by atoms with van der Waals surface area (Å²) in [5, 5.41) is 8.91. The number of alkyl halides is 2. The molecule has 0 unspecified atom stereocenters. The van der Waals surface area contributed by atoms with Crippen LogP contribution in [0, 0.1) is 0 Å². The van der Waals surface area contributed by atoms with Gasteiger partial charge in [0.2, 0.25) is 0 Å². The molecule has 1 aromatic rings. The zero-order chi connectivity index (χ0) is 14.6. The second-order valence-electron chi connectivity index (χ2n) is 5.47.